The Morgan fingerprint density at radius 2 is 1.90 bits per heavy atom. The van der Waals surface area contributed by atoms with Crippen molar-refractivity contribution in [1.82, 2.24) is 5.32 Å². The third-order valence-electron chi connectivity index (χ3n) is 3.18. The molecule has 0 atom stereocenters. The zero-order valence-corrected chi connectivity index (χ0v) is 11.2. The molecule has 0 aliphatic heterocycles. The smallest absolute Gasteiger partial charge is 0.120 e. The Labute approximate surface area is 118 Å². The first-order chi connectivity index (χ1) is 9.92. The van der Waals surface area contributed by atoms with Gasteiger partial charge in [-0.05, 0) is 29.0 Å². The van der Waals surface area contributed by atoms with Crippen LogP contribution in [0.4, 0.5) is 0 Å². The van der Waals surface area contributed by atoms with Crippen LogP contribution in [-0.4, -0.2) is 13.2 Å². The second-order valence-corrected chi connectivity index (χ2v) is 4.67. The number of fused-ring (bicyclic) bond motifs is 1. The lowest BCUT2D eigenvalue weighted by atomic mass is 10.1. The Bertz CT molecular complexity index is 662. The molecule has 0 radical (unpaired) electrons. The van der Waals surface area contributed by atoms with Crippen LogP contribution in [-0.2, 0) is 6.54 Å². The van der Waals surface area contributed by atoms with Gasteiger partial charge in [0.25, 0.3) is 0 Å². The maximum absolute atomic E-state index is 5.75. The van der Waals surface area contributed by atoms with Gasteiger partial charge in [0.2, 0.25) is 0 Å². The Hall–Kier alpha value is -2.26. The highest BCUT2D eigenvalue weighted by molar-refractivity contribution is 5.83. The predicted molar refractivity (Wildman–Crippen MR) is 79.9 cm³/mol. The molecule has 102 valence electrons. The van der Waals surface area contributed by atoms with Crippen molar-refractivity contribution in [3.63, 3.8) is 0 Å². The van der Waals surface area contributed by atoms with Crippen molar-refractivity contribution in [1.29, 1.82) is 0 Å². The molecule has 0 saturated carbocycles. The number of nitrogens with one attached hydrogen (secondary N) is 1. The molecule has 0 saturated heterocycles. The molecule has 0 aliphatic rings. The molecule has 1 N–H and O–H groups in total. The van der Waals surface area contributed by atoms with Crippen LogP contribution in [0.15, 0.2) is 65.5 Å². The van der Waals surface area contributed by atoms with E-state index in [0.717, 1.165) is 24.4 Å². The highest BCUT2D eigenvalue weighted by Crippen LogP contribution is 2.20. The molecule has 0 aliphatic carbocycles. The van der Waals surface area contributed by atoms with Gasteiger partial charge in [0.1, 0.15) is 12.4 Å². The molecule has 0 amide bonds. The van der Waals surface area contributed by atoms with Crippen molar-refractivity contribution in [2.45, 2.75) is 6.54 Å². The number of hydrogen-bond donors (Lipinski definition) is 1. The van der Waals surface area contributed by atoms with Gasteiger partial charge >= 0.3 is 0 Å². The van der Waals surface area contributed by atoms with E-state index in [9.17, 15) is 0 Å². The normalized spacial score (nSPS) is 10.8. The first-order valence-electron chi connectivity index (χ1n) is 6.75. The average Bonchev–Trinajstić information content (AvgIpc) is 3.00. The Morgan fingerprint density at radius 3 is 2.75 bits per heavy atom. The minimum absolute atomic E-state index is 0.649. The maximum Gasteiger partial charge on any atom is 0.120 e. The summed E-state index contributed by atoms with van der Waals surface area (Å²) in [6.07, 6.45) is 3.43. The van der Waals surface area contributed by atoms with Crippen molar-refractivity contribution in [3.05, 3.63) is 66.6 Å². The SMILES string of the molecule is c1ccc2cc(OCCNCc3ccoc3)ccc2c1. The summed E-state index contributed by atoms with van der Waals surface area (Å²) in [6, 6.07) is 16.4. The van der Waals surface area contributed by atoms with Gasteiger partial charge in [-0.25, -0.2) is 0 Å². The molecule has 20 heavy (non-hydrogen) atoms. The number of ether oxygens (including phenoxy) is 1. The lowest BCUT2D eigenvalue weighted by Crippen LogP contribution is -2.20. The second kappa shape index (κ2) is 6.26. The average molecular weight is 267 g/mol. The fourth-order valence-electron chi connectivity index (χ4n) is 2.12. The van der Waals surface area contributed by atoms with Crippen molar-refractivity contribution >= 4 is 10.8 Å². The third kappa shape index (κ3) is 3.19. The van der Waals surface area contributed by atoms with E-state index in [2.05, 4.69) is 29.6 Å². The van der Waals surface area contributed by atoms with Crippen LogP contribution in [0.5, 0.6) is 5.75 Å². The molecular formula is C17H17NO2. The van der Waals surface area contributed by atoms with Gasteiger partial charge in [-0.2, -0.15) is 0 Å². The summed E-state index contributed by atoms with van der Waals surface area (Å²) in [6.45, 7) is 2.26. The molecule has 3 heteroatoms. The maximum atomic E-state index is 5.75. The zero-order valence-electron chi connectivity index (χ0n) is 11.2. The van der Waals surface area contributed by atoms with Gasteiger partial charge in [-0.15, -0.1) is 0 Å². The van der Waals surface area contributed by atoms with Gasteiger partial charge in [-0.1, -0.05) is 30.3 Å². The highest BCUT2D eigenvalue weighted by Gasteiger charge is 1.97. The van der Waals surface area contributed by atoms with Gasteiger partial charge in [0.15, 0.2) is 0 Å². The zero-order chi connectivity index (χ0) is 13.6. The number of hydrogen-bond acceptors (Lipinski definition) is 3. The van der Waals surface area contributed by atoms with Gasteiger partial charge in [0, 0.05) is 18.7 Å². The Morgan fingerprint density at radius 1 is 1.00 bits per heavy atom. The third-order valence-corrected chi connectivity index (χ3v) is 3.18. The van der Waals surface area contributed by atoms with Crippen LogP contribution in [0.25, 0.3) is 10.8 Å². The predicted octanol–water partition coefficient (Wildman–Crippen LogP) is 3.60. The monoisotopic (exact) mass is 267 g/mol. The largest absolute Gasteiger partial charge is 0.492 e. The van der Waals surface area contributed by atoms with Gasteiger partial charge < -0.3 is 14.5 Å². The number of furan rings is 1. The summed E-state index contributed by atoms with van der Waals surface area (Å²) in [7, 11) is 0. The van der Waals surface area contributed by atoms with E-state index in [0.29, 0.717) is 6.61 Å². The summed E-state index contributed by atoms with van der Waals surface area (Å²) in [4.78, 5) is 0. The van der Waals surface area contributed by atoms with Crippen LogP contribution >= 0.6 is 0 Å². The van der Waals surface area contributed by atoms with E-state index in [1.165, 1.54) is 10.8 Å². The van der Waals surface area contributed by atoms with E-state index >= 15 is 0 Å². The van der Waals surface area contributed by atoms with Crippen molar-refractivity contribution < 1.29 is 9.15 Å². The quantitative estimate of drug-likeness (QED) is 0.693. The van der Waals surface area contributed by atoms with E-state index in [1.807, 2.05) is 24.3 Å². The summed E-state index contributed by atoms with van der Waals surface area (Å²) in [5, 5.41) is 5.75. The summed E-state index contributed by atoms with van der Waals surface area (Å²) >= 11 is 0. The molecule has 0 unspecified atom stereocenters. The van der Waals surface area contributed by atoms with Crippen LogP contribution < -0.4 is 10.1 Å². The standard InChI is InChI=1S/C17H17NO2/c1-2-4-16-11-17(6-5-15(16)3-1)20-10-8-18-12-14-7-9-19-13-14/h1-7,9,11,13,18H,8,10,12H2. The molecule has 0 spiro atoms. The second-order valence-electron chi connectivity index (χ2n) is 4.67. The van der Waals surface area contributed by atoms with E-state index in [4.69, 9.17) is 9.15 Å². The molecule has 2 aromatic carbocycles. The van der Waals surface area contributed by atoms with Crippen molar-refractivity contribution in [3.8, 4) is 5.75 Å². The molecule has 1 aromatic heterocycles. The van der Waals surface area contributed by atoms with E-state index in [1.54, 1.807) is 12.5 Å². The van der Waals surface area contributed by atoms with Crippen molar-refractivity contribution in [2.75, 3.05) is 13.2 Å². The fraction of sp³-hybridized carbons (Fsp3) is 0.176. The van der Waals surface area contributed by atoms with Gasteiger partial charge in [-0.3, -0.25) is 0 Å². The van der Waals surface area contributed by atoms with E-state index in [-0.39, 0.29) is 0 Å². The highest BCUT2D eigenvalue weighted by atomic mass is 16.5. The Balaban J connectivity index is 1.47. The Kier molecular flexibility index (Phi) is 3.99. The summed E-state index contributed by atoms with van der Waals surface area (Å²) in [5.74, 6) is 0.911. The molecule has 3 rings (SSSR count). The van der Waals surface area contributed by atoms with Crippen LogP contribution in [0.3, 0.4) is 0 Å². The van der Waals surface area contributed by atoms with Crippen LogP contribution in [0.1, 0.15) is 5.56 Å². The summed E-state index contributed by atoms with van der Waals surface area (Å²) in [5.41, 5.74) is 1.15. The van der Waals surface area contributed by atoms with Crippen LogP contribution in [0, 0.1) is 0 Å². The van der Waals surface area contributed by atoms with Crippen LogP contribution in [0.2, 0.25) is 0 Å². The fourth-order valence-corrected chi connectivity index (χ4v) is 2.12. The molecular weight excluding hydrogens is 250 g/mol. The summed E-state index contributed by atoms with van der Waals surface area (Å²) < 4.78 is 10.8. The van der Waals surface area contributed by atoms with Crippen molar-refractivity contribution in [2.24, 2.45) is 0 Å². The van der Waals surface area contributed by atoms with E-state index < -0.39 is 0 Å². The molecule has 3 nitrogen and oxygen atoms in total. The van der Waals surface area contributed by atoms with Gasteiger partial charge in [0.05, 0.1) is 12.5 Å². The lowest BCUT2D eigenvalue weighted by molar-refractivity contribution is 0.314. The number of rotatable bonds is 6. The molecule has 0 bridgehead atoms. The first-order valence-corrected chi connectivity index (χ1v) is 6.75. The minimum Gasteiger partial charge on any atom is -0.492 e. The molecule has 0 fully saturated rings. The minimum atomic E-state index is 0.649. The number of benzene rings is 2. The first kappa shape index (κ1) is 12.8. The topological polar surface area (TPSA) is 34.4 Å². The lowest BCUT2D eigenvalue weighted by Gasteiger charge is -2.08. The molecule has 3 aromatic rings. The molecule has 1 heterocycles.